The SMILES string of the molecule is C[C@H]1CC[C@]2(OC1)O[C@H]1C[C@H]3[C@@H]4C[C@@H](O)[C@]5(O)C[C@@H](OC(=O)c6ccccc6)[C@H](OC(=O)c6ccccc6)C[C@]5(C)[C@H]4CC[C@]3(C)[C@@H]1[C@@H]2C. The van der Waals surface area contributed by atoms with Crippen molar-refractivity contribution in [2.75, 3.05) is 6.61 Å². The standard InChI is InChI=1S/C41H52O8/c1-24-15-18-41(46-23-24)25(2)35-31(49-41)20-30-28-19-34(42)40(45)22-33(48-37(44)27-13-9-6-10-14-27)32(47-36(43)26-11-7-5-8-12-26)21-39(40,4)29(28)16-17-38(30,35)3/h5-14,24-25,28-35,42,45H,15-23H2,1-4H3/t24-,25-,28+,29-,30-,31-,32+,33+,34+,35+,38-,39+,40+,41-/m0/s1. The van der Waals surface area contributed by atoms with Gasteiger partial charge in [-0.15, -0.1) is 0 Å². The van der Waals surface area contributed by atoms with Gasteiger partial charge in [-0.2, -0.15) is 0 Å². The molecule has 2 saturated heterocycles. The Morgan fingerprint density at radius 3 is 2.02 bits per heavy atom. The van der Waals surface area contributed by atoms with E-state index in [4.69, 9.17) is 18.9 Å². The van der Waals surface area contributed by atoms with E-state index in [1.165, 1.54) is 0 Å². The van der Waals surface area contributed by atoms with Crippen LogP contribution in [-0.4, -0.2) is 64.6 Å². The van der Waals surface area contributed by atoms with Crippen molar-refractivity contribution >= 4 is 11.9 Å². The Hall–Kier alpha value is -2.78. The third-order valence-electron chi connectivity index (χ3n) is 14.6. The number of aliphatic hydroxyl groups excluding tert-OH is 1. The van der Waals surface area contributed by atoms with E-state index in [9.17, 15) is 19.8 Å². The van der Waals surface area contributed by atoms with Crippen LogP contribution >= 0.6 is 0 Å². The Morgan fingerprint density at radius 2 is 1.43 bits per heavy atom. The number of carbonyl (C=O) groups is 2. The van der Waals surface area contributed by atoms with Gasteiger partial charge in [-0.05, 0) is 97.8 Å². The van der Waals surface area contributed by atoms with E-state index in [2.05, 4.69) is 27.7 Å². The van der Waals surface area contributed by atoms with Gasteiger partial charge in [0.15, 0.2) is 5.79 Å². The summed E-state index contributed by atoms with van der Waals surface area (Å²) in [7, 11) is 0. The number of rotatable bonds is 4. The van der Waals surface area contributed by atoms with Crippen LogP contribution in [-0.2, 0) is 18.9 Å². The van der Waals surface area contributed by atoms with E-state index in [0.717, 1.165) is 38.7 Å². The van der Waals surface area contributed by atoms with Crippen LogP contribution in [0.4, 0.5) is 0 Å². The van der Waals surface area contributed by atoms with Crippen LogP contribution in [0.2, 0.25) is 0 Å². The van der Waals surface area contributed by atoms with Gasteiger partial charge in [0.1, 0.15) is 12.2 Å². The summed E-state index contributed by atoms with van der Waals surface area (Å²) in [6.45, 7) is 9.85. The topological polar surface area (TPSA) is 112 Å². The first-order chi connectivity index (χ1) is 23.4. The Morgan fingerprint density at radius 1 is 0.816 bits per heavy atom. The Balaban J connectivity index is 1.08. The van der Waals surface area contributed by atoms with Crippen molar-refractivity contribution < 1.29 is 38.7 Å². The Kier molecular flexibility index (Phi) is 8.10. The molecule has 2 aromatic carbocycles. The maximum absolute atomic E-state index is 13.5. The van der Waals surface area contributed by atoms with Crippen molar-refractivity contribution in [2.45, 2.75) is 115 Å². The van der Waals surface area contributed by atoms with Crippen LogP contribution in [0.5, 0.6) is 0 Å². The lowest BCUT2D eigenvalue weighted by molar-refractivity contribution is -0.286. The quantitative estimate of drug-likeness (QED) is 0.351. The van der Waals surface area contributed by atoms with Crippen LogP contribution in [0.3, 0.4) is 0 Å². The largest absolute Gasteiger partial charge is 0.455 e. The number of fused-ring (bicyclic) bond motifs is 7. The molecule has 8 heteroatoms. The fraction of sp³-hybridized carbons (Fsp3) is 0.659. The van der Waals surface area contributed by atoms with E-state index in [0.29, 0.717) is 35.3 Å². The average Bonchev–Trinajstić information content (AvgIpc) is 3.54. The summed E-state index contributed by atoms with van der Waals surface area (Å²) in [6, 6.07) is 17.5. The summed E-state index contributed by atoms with van der Waals surface area (Å²) in [4.78, 5) is 26.8. The van der Waals surface area contributed by atoms with Crippen molar-refractivity contribution in [3.8, 4) is 0 Å². The van der Waals surface area contributed by atoms with Crippen molar-refractivity contribution in [3.63, 3.8) is 0 Å². The maximum atomic E-state index is 13.5. The first-order valence-corrected chi connectivity index (χ1v) is 18.6. The van der Waals surface area contributed by atoms with E-state index in [1.54, 1.807) is 48.5 Å². The highest BCUT2D eigenvalue weighted by Crippen LogP contribution is 2.72. The lowest BCUT2D eigenvalue weighted by atomic mass is 9.42. The van der Waals surface area contributed by atoms with Gasteiger partial charge in [-0.3, -0.25) is 0 Å². The second-order valence-corrected chi connectivity index (χ2v) is 17.0. The Labute approximate surface area is 289 Å². The van der Waals surface area contributed by atoms with Gasteiger partial charge in [0.25, 0.3) is 0 Å². The number of hydrogen-bond donors (Lipinski definition) is 2. The fourth-order valence-electron chi connectivity index (χ4n) is 12.1. The first kappa shape index (κ1) is 33.4. The number of esters is 2. The molecule has 0 radical (unpaired) electrons. The number of hydrogen-bond acceptors (Lipinski definition) is 8. The third-order valence-corrected chi connectivity index (χ3v) is 14.6. The molecule has 0 aromatic heterocycles. The van der Waals surface area contributed by atoms with Gasteiger partial charge in [-0.25, -0.2) is 9.59 Å². The smallest absolute Gasteiger partial charge is 0.338 e. The molecule has 2 heterocycles. The van der Waals surface area contributed by atoms with Crippen molar-refractivity contribution in [1.29, 1.82) is 0 Å². The zero-order chi connectivity index (χ0) is 34.3. The molecular formula is C41H52O8. The fourth-order valence-corrected chi connectivity index (χ4v) is 12.1. The van der Waals surface area contributed by atoms with Crippen molar-refractivity contribution in [3.05, 3.63) is 71.8 Å². The molecule has 8 rings (SSSR count). The van der Waals surface area contributed by atoms with Crippen molar-refractivity contribution in [1.82, 2.24) is 0 Å². The van der Waals surface area contributed by atoms with E-state index in [-0.39, 0.29) is 42.1 Å². The maximum Gasteiger partial charge on any atom is 0.338 e. The molecule has 4 saturated carbocycles. The van der Waals surface area contributed by atoms with Gasteiger partial charge < -0.3 is 29.2 Å². The highest BCUT2D eigenvalue weighted by molar-refractivity contribution is 5.90. The molecule has 8 nitrogen and oxygen atoms in total. The monoisotopic (exact) mass is 672 g/mol. The molecule has 6 aliphatic rings. The number of benzene rings is 2. The lowest BCUT2D eigenvalue weighted by Crippen LogP contribution is -2.71. The number of aliphatic hydroxyl groups is 2. The molecule has 6 fully saturated rings. The molecule has 4 aliphatic carbocycles. The Bertz CT molecular complexity index is 1560. The van der Waals surface area contributed by atoms with Gasteiger partial charge in [0.2, 0.25) is 0 Å². The van der Waals surface area contributed by atoms with Crippen molar-refractivity contribution in [2.24, 2.45) is 46.3 Å². The molecule has 14 atom stereocenters. The molecule has 49 heavy (non-hydrogen) atoms. The third kappa shape index (κ3) is 5.06. The van der Waals surface area contributed by atoms with Gasteiger partial charge >= 0.3 is 11.9 Å². The van der Waals surface area contributed by atoms with Crippen LogP contribution in [0.1, 0.15) is 99.8 Å². The molecule has 0 amide bonds. The lowest BCUT2D eigenvalue weighted by Gasteiger charge is -2.66. The molecule has 2 N–H and O–H groups in total. The van der Waals surface area contributed by atoms with Gasteiger partial charge in [0, 0.05) is 24.2 Å². The van der Waals surface area contributed by atoms with Crippen LogP contribution in [0.15, 0.2) is 60.7 Å². The molecule has 2 aliphatic heterocycles. The minimum atomic E-state index is -1.52. The second-order valence-electron chi connectivity index (χ2n) is 17.0. The van der Waals surface area contributed by atoms with E-state index in [1.807, 2.05) is 12.1 Å². The molecule has 2 aromatic rings. The summed E-state index contributed by atoms with van der Waals surface area (Å²) in [6.07, 6.45) is 3.05. The summed E-state index contributed by atoms with van der Waals surface area (Å²) >= 11 is 0. The average molecular weight is 673 g/mol. The summed E-state index contributed by atoms with van der Waals surface area (Å²) in [5, 5.41) is 24.7. The normalized spacial score (nSPS) is 47.0. The molecule has 0 bridgehead atoms. The minimum Gasteiger partial charge on any atom is -0.455 e. The molecule has 1 spiro atoms. The van der Waals surface area contributed by atoms with Crippen LogP contribution < -0.4 is 0 Å². The highest BCUT2D eigenvalue weighted by Gasteiger charge is 2.73. The number of carbonyl (C=O) groups excluding carboxylic acids is 2. The molecular weight excluding hydrogens is 620 g/mol. The molecule has 264 valence electrons. The predicted octanol–water partition coefficient (Wildman–Crippen LogP) is 6.58. The summed E-state index contributed by atoms with van der Waals surface area (Å²) in [5.41, 5.74) is -1.47. The van der Waals surface area contributed by atoms with Crippen LogP contribution in [0.25, 0.3) is 0 Å². The second kappa shape index (κ2) is 11.9. The first-order valence-electron chi connectivity index (χ1n) is 18.6. The zero-order valence-corrected chi connectivity index (χ0v) is 29.3. The number of ether oxygens (including phenoxy) is 4. The van der Waals surface area contributed by atoms with Gasteiger partial charge in [0.05, 0.1) is 35.5 Å². The highest BCUT2D eigenvalue weighted by atomic mass is 16.7. The van der Waals surface area contributed by atoms with E-state index >= 15 is 0 Å². The van der Waals surface area contributed by atoms with Gasteiger partial charge in [-0.1, -0.05) is 64.1 Å². The zero-order valence-electron chi connectivity index (χ0n) is 29.3. The molecule has 0 unspecified atom stereocenters. The van der Waals surface area contributed by atoms with Crippen LogP contribution in [0, 0.1) is 46.3 Å². The minimum absolute atomic E-state index is 0.00912. The van der Waals surface area contributed by atoms with E-state index < -0.39 is 47.1 Å². The summed E-state index contributed by atoms with van der Waals surface area (Å²) < 4.78 is 25.7. The summed E-state index contributed by atoms with van der Waals surface area (Å²) in [5.74, 6) is 0.296. The predicted molar refractivity (Wildman–Crippen MR) is 181 cm³/mol.